The number of benzene rings is 2. The number of hydrogen-bond acceptors (Lipinski definition) is 3. The number of aliphatic imine (C=N–C) groups is 1. The summed E-state index contributed by atoms with van der Waals surface area (Å²) < 4.78 is 24.3. The predicted octanol–water partition coefficient (Wildman–Crippen LogP) is 4.05. The van der Waals surface area contributed by atoms with Gasteiger partial charge in [-0.15, -0.1) is 24.0 Å². The summed E-state index contributed by atoms with van der Waals surface area (Å²) in [7, 11) is -3.37. The second-order valence-electron chi connectivity index (χ2n) is 5.43. The van der Waals surface area contributed by atoms with Crippen molar-refractivity contribution in [3.05, 3.63) is 64.1 Å². The molecule has 0 saturated carbocycles. The highest BCUT2D eigenvalue weighted by Gasteiger charge is 2.14. The first kappa shape index (κ1) is 23.0. The number of sulfone groups is 1. The number of nitrogens with one attached hydrogen (secondary N) is 1. The van der Waals surface area contributed by atoms with E-state index < -0.39 is 9.84 Å². The molecular formula is C17H20Cl2IN3O2S. The number of halogens is 3. The average Bonchev–Trinajstić information content (AvgIpc) is 2.55. The minimum absolute atomic E-state index is 0. The molecule has 0 bridgehead atoms. The minimum atomic E-state index is -3.37. The Morgan fingerprint density at radius 3 is 2.46 bits per heavy atom. The van der Waals surface area contributed by atoms with E-state index in [2.05, 4.69) is 10.3 Å². The fourth-order valence-corrected chi connectivity index (χ4v) is 3.94. The van der Waals surface area contributed by atoms with Gasteiger partial charge >= 0.3 is 0 Å². The van der Waals surface area contributed by atoms with Crippen molar-refractivity contribution >= 4 is 63.0 Å². The Kier molecular flexibility index (Phi) is 9.15. The summed E-state index contributed by atoms with van der Waals surface area (Å²) in [4.78, 5) is 4.36. The van der Waals surface area contributed by atoms with E-state index in [4.69, 9.17) is 28.9 Å². The summed E-state index contributed by atoms with van der Waals surface area (Å²) in [5.74, 6) is 0.0388. The number of rotatable bonds is 6. The minimum Gasteiger partial charge on any atom is -0.370 e. The lowest BCUT2D eigenvalue weighted by Crippen LogP contribution is -2.34. The van der Waals surface area contributed by atoms with E-state index in [0.29, 0.717) is 10.0 Å². The largest absolute Gasteiger partial charge is 0.370 e. The van der Waals surface area contributed by atoms with E-state index in [-0.39, 0.29) is 53.2 Å². The van der Waals surface area contributed by atoms with Crippen LogP contribution in [0.25, 0.3) is 0 Å². The lowest BCUT2D eigenvalue weighted by Gasteiger charge is -2.16. The Labute approximate surface area is 180 Å². The Morgan fingerprint density at radius 1 is 1.19 bits per heavy atom. The fourth-order valence-electron chi connectivity index (χ4n) is 2.23. The summed E-state index contributed by atoms with van der Waals surface area (Å²) >= 11 is 12.0. The first-order chi connectivity index (χ1) is 11.8. The van der Waals surface area contributed by atoms with Crippen LogP contribution in [0, 0.1) is 0 Å². The van der Waals surface area contributed by atoms with Gasteiger partial charge in [0.1, 0.15) is 0 Å². The van der Waals surface area contributed by atoms with Gasteiger partial charge in [-0.05, 0) is 36.8 Å². The van der Waals surface area contributed by atoms with Gasteiger partial charge < -0.3 is 11.1 Å². The molecule has 2 aromatic carbocycles. The van der Waals surface area contributed by atoms with Crippen molar-refractivity contribution in [3.63, 3.8) is 0 Å². The van der Waals surface area contributed by atoms with Crippen molar-refractivity contribution < 1.29 is 8.42 Å². The molecule has 0 amide bonds. The van der Waals surface area contributed by atoms with Crippen LogP contribution in [0.3, 0.4) is 0 Å². The SMILES string of the molecule is CC(NC(N)=NCCS(=O)(=O)c1ccccc1)c1ccc(Cl)cc1Cl.I. The number of nitrogens with two attached hydrogens (primary N) is 1. The van der Waals surface area contributed by atoms with Crippen LogP contribution in [0.5, 0.6) is 0 Å². The average molecular weight is 528 g/mol. The highest BCUT2D eigenvalue weighted by Crippen LogP contribution is 2.25. The summed E-state index contributed by atoms with van der Waals surface area (Å²) in [5.41, 5.74) is 6.66. The molecule has 0 aliphatic carbocycles. The molecule has 0 spiro atoms. The van der Waals surface area contributed by atoms with Crippen molar-refractivity contribution in [1.82, 2.24) is 5.32 Å². The van der Waals surface area contributed by atoms with Crippen molar-refractivity contribution in [3.8, 4) is 0 Å². The Morgan fingerprint density at radius 2 is 1.85 bits per heavy atom. The molecule has 9 heteroatoms. The maximum absolute atomic E-state index is 12.2. The van der Waals surface area contributed by atoms with Crippen LogP contribution in [0.1, 0.15) is 18.5 Å². The molecule has 2 aromatic rings. The molecule has 0 aromatic heterocycles. The Hall–Kier alpha value is -1.03. The third-order valence-corrected chi connectivity index (χ3v) is 5.81. The molecule has 1 unspecified atom stereocenters. The van der Waals surface area contributed by atoms with Crippen molar-refractivity contribution in [2.45, 2.75) is 17.9 Å². The second kappa shape index (κ2) is 10.3. The van der Waals surface area contributed by atoms with Gasteiger partial charge in [-0.1, -0.05) is 47.5 Å². The van der Waals surface area contributed by atoms with Gasteiger partial charge in [0.05, 0.1) is 23.2 Å². The Balaban J connectivity index is 0.00000338. The topological polar surface area (TPSA) is 84.5 Å². The van der Waals surface area contributed by atoms with Crippen LogP contribution >= 0.6 is 47.2 Å². The zero-order chi connectivity index (χ0) is 18.4. The molecule has 0 radical (unpaired) electrons. The summed E-state index contributed by atoms with van der Waals surface area (Å²) in [5, 5.41) is 4.06. The van der Waals surface area contributed by atoms with E-state index in [1.807, 2.05) is 6.92 Å². The molecular weight excluding hydrogens is 508 g/mol. The maximum atomic E-state index is 12.2. The van der Waals surface area contributed by atoms with Gasteiger partial charge in [-0.25, -0.2) is 8.42 Å². The lowest BCUT2D eigenvalue weighted by molar-refractivity contribution is 0.596. The standard InChI is InChI=1S/C17H19Cl2N3O2S.HI/c1-12(15-8-7-13(18)11-16(15)19)22-17(20)21-9-10-25(23,24)14-5-3-2-4-6-14;/h2-8,11-12H,9-10H2,1H3,(H3,20,21,22);1H. The van der Waals surface area contributed by atoms with Gasteiger partial charge in [0, 0.05) is 10.0 Å². The van der Waals surface area contributed by atoms with Crippen molar-refractivity contribution in [1.29, 1.82) is 0 Å². The molecule has 0 aliphatic heterocycles. The first-order valence-corrected chi connectivity index (χ1v) is 9.99. The van der Waals surface area contributed by atoms with Gasteiger partial charge in [-0.2, -0.15) is 0 Å². The normalized spacial score (nSPS) is 13.0. The van der Waals surface area contributed by atoms with Crippen LogP contribution in [-0.2, 0) is 9.84 Å². The first-order valence-electron chi connectivity index (χ1n) is 7.59. The maximum Gasteiger partial charge on any atom is 0.189 e. The van der Waals surface area contributed by atoms with E-state index in [1.165, 1.54) is 0 Å². The highest BCUT2D eigenvalue weighted by atomic mass is 127. The molecule has 2 rings (SSSR count). The summed E-state index contributed by atoms with van der Waals surface area (Å²) in [6, 6.07) is 13.2. The van der Waals surface area contributed by atoms with Crippen LogP contribution < -0.4 is 11.1 Å². The van der Waals surface area contributed by atoms with Crippen LogP contribution in [0.15, 0.2) is 58.4 Å². The molecule has 0 heterocycles. The monoisotopic (exact) mass is 527 g/mol. The highest BCUT2D eigenvalue weighted by molar-refractivity contribution is 14.0. The van der Waals surface area contributed by atoms with E-state index in [0.717, 1.165) is 5.56 Å². The van der Waals surface area contributed by atoms with Gasteiger partial charge in [0.15, 0.2) is 15.8 Å². The van der Waals surface area contributed by atoms with Crippen LogP contribution in [0.2, 0.25) is 10.0 Å². The fraction of sp³-hybridized carbons (Fsp3) is 0.235. The van der Waals surface area contributed by atoms with Crippen molar-refractivity contribution in [2.24, 2.45) is 10.7 Å². The molecule has 1 atom stereocenters. The summed E-state index contributed by atoms with van der Waals surface area (Å²) in [6.45, 7) is 1.94. The van der Waals surface area contributed by atoms with Gasteiger partial charge in [0.25, 0.3) is 0 Å². The number of guanidine groups is 1. The zero-order valence-corrected chi connectivity index (χ0v) is 18.7. The predicted molar refractivity (Wildman–Crippen MR) is 118 cm³/mol. The Bertz CT molecular complexity index is 862. The summed E-state index contributed by atoms with van der Waals surface area (Å²) in [6.07, 6.45) is 0. The quantitative estimate of drug-likeness (QED) is 0.337. The van der Waals surface area contributed by atoms with Gasteiger partial charge in [0.2, 0.25) is 0 Å². The van der Waals surface area contributed by atoms with E-state index in [9.17, 15) is 8.42 Å². The molecule has 5 nitrogen and oxygen atoms in total. The van der Waals surface area contributed by atoms with Crippen LogP contribution in [-0.4, -0.2) is 26.7 Å². The smallest absolute Gasteiger partial charge is 0.189 e. The van der Waals surface area contributed by atoms with Crippen LogP contribution in [0.4, 0.5) is 0 Å². The van der Waals surface area contributed by atoms with Crippen molar-refractivity contribution in [2.75, 3.05) is 12.3 Å². The molecule has 3 N–H and O–H groups in total. The zero-order valence-electron chi connectivity index (χ0n) is 14.0. The van der Waals surface area contributed by atoms with Gasteiger partial charge in [-0.3, -0.25) is 4.99 Å². The molecule has 26 heavy (non-hydrogen) atoms. The molecule has 142 valence electrons. The molecule has 0 fully saturated rings. The third kappa shape index (κ3) is 6.61. The number of hydrogen-bond donors (Lipinski definition) is 2. The third-order valence-electron chi connectivity index (χ3n) is 3.54. The van der Waals surface area contributed by atoms with E-state index >= 15 is 0 Å². The number of nitrogens with zero attached hydrogens (tertiary/aromatic N) is 1. The lowest BCUT2D eigenvalue weighted by atomic mass is 10.1. The molecule has 0 saturated heterocycles. The van der Waals surface area contributed by atoms with E-state index in [1.54, 1.807) is 48.5 Å². The molecule has 0 aliphatic rings. The second-order valence-corrected chi connectivity index (χ2v) is 8.38.